The van der Waals surface area contributed by atoms with Gasteiger partial charge in [-0.05, 0) is 36.1 Å². The van der Waals surface area contributed by atoms with Gasteiger partial charge in [0.2, 0.25) is 5.91 Å². The Bertz CT molecular complexity index is 924. The maximum Gasteiger partial charge on any atom is 0.407 e. The van der Waals surface area contributed by atoms with E-state index >= 15 is 0 Å². The zero-order chi connectivity index (χ0) is 24.1. The second-order valence-electron chi connectivity index (χ2n) is 7.38. The SMILES string of the molecule is COC(=O)[C@@H](Cc1ccc(Cl)cc1Cl)NC(=O)CCCCCNC(=O)OCc1ccccc1. The van der Waals surface area contributed by atoms with Gasteiger partial charge in [0.15, 0.2) is 0 Å². The van der Waals surface area contributed by atoms with Crippen LogP contribution in [0.25, 0.3) is 0 Å². The number of unbranched alkanes of at least 4 members (excludes halogenated alkanes) is 2. The molecule has 0 unspecified atom stereocenters. The average molecular weight is 495 g/mol. The molecule has 0 saturated carbocycles. The molecule has 9 heteroatoms. The minimum atomic E-state index is -0.845. The van der Waals surface area contributed by atoms with Crippen molar-refractivity contribution in [3.63, 3.8) is 0 Å². The van der Waals surface area contributed by atoms with E-state index in [0.717, 1.165) is 12.0 Å². The molecule has 178 valence electrons. The number of hydrogen-bond donors (Lipinski definition) is 2. The molecule has 2 amide bonds. The molecule has 2 aromatic rings. The number of rotatable bonds is 12. The fourth-order valence-electron chi connectivity index (χ4n) is 3.06. The quantitative estimate of drug-likeness (QED) is 0.330. The van der Waals surface area contributed by atoms with E-state index in [4.69, 9.17) is 32.7 Å². The van der Waals surface area contributed by atoms with E-state index < -0.39 is 18.1 Å². The van der Waals surface area contributed by atoms with Crippen LogP contribution in [0.3, 0.4) is 0 Å². The summed E-state index contributed by atoms with van der Waals surface area (Å²) in [7, 11) is 1.27. The van der Waals surface area contributed by atoms with Gasteiger partial charge < -0.3 is 20.1 Å². The molecule has 0 aliphatic rings. The largest absolute Gasteiger partial charge is 0.467 e. The van der Waals surface area contributed by atoms with Crippen molar-refractivity contribution in [2.75, 3.05) is 13.7 Å². The normalized spacial score (nSPS) is 11.4. The Morgan fingerprint density at radius 3 is 2.45 bits per heavy atom. The Morgan fingerprint density at radius 2 is 1.76 bits per heavy atom. The molecule has 0 fully saturated rings. The predicted octanol–water partition coefficient (Wildman–Crippen LogP) is 4.68. The molecule has 2 aromatic carbocycles. The van der Waals surface area contributed by atoms with Gasteiger partial charge in [-0.15, -0.1) is 0 Å². The van der Waals surface area contributed by atoms with Gasteiger partial charge in [0.05, 0.1) is 7.11 Å². The maximum absolute atomic E-state index is 12.3. The molecule has 0 heterocycles. The number of ether oxygens (including phenoxy) is 2. The molecule has 1 atom stereocenters. The Morgan fingerprint density at radius 1 is 1.00 bits per heavy atom. The summed E-state index contributed by atoms with van der Waals surface area (Å²) in [5, 5.41) is 6.30. The number of carbonyl (C=O) groups is 3. The molecule has 2 N–H and O–H groups in total. The summed E-state index contributed by atoms with van der Waals surface area (Å²) < 4.78 is 9.94. The number of carbonyl (C=O) groups excluding carboxylic acids is 3. The van der Waals surface area contributed by atoms with Gasteiger partial charge in [-0.3, -0.25) is 4.79 Å². The molecule has 0 spiro atoms. The van der Waals surface area contributed by atoms with E-state index in [1.165, 1.54) is 7.11 Å². The van der Waals surface area contributed by atoms with E-state index in [-0.39, 0.29) is 25.4 Å². The number of esters is 1. The van der Waals surface area contributed by atoms with Gasteiger partial charge in [-0.2, -0.15) is 0 Å². The van der Waals surface area contributed by atoms with Gasteiger partial charge in [-0.1, -0.05) is 66.0 Å². The molecule has 33 heavy (non-hydrogen) atoms. The first-order valence-corrected chi connectivity index (χ1v) is 11.4. The smallest absolute Gasteiger partial charge is 0.407 e. The number of halogens is 2. The molecule has 7 nitrogen and oxygen atoms in total. The number of alkyl carbamates (subject to hydrolysis) is 1. The number of nitrogens with one attached hydrogen (secondary N) is 2. The van der Waals surface area contributed by atoms with Crippen LogP contribution in [0.15, 0.2) is 48.5 Å². The van der Waals surface area contributed by atoms with E-state index in [9.17, 15) is 14.4 Å². The highest BCUT2D eigenvalue weighted by atomic mass is 35.5. The topological polar surface area (TPSA) is 93.7 Å². The van der Waals surface area contributed by atoms with Crippen LogP contribution in [0.1, 0.15) is 36.8 Å². The second kappa shape index (κ2) is 14.4. The van der Waals surface area contributed by atoms with Crippen molar-refractivity contribution in [1.29, 1.82) is 0 Å². The summed E-state index contributed by atoms with van der Waals surface area (Å²) in [6, 6.07) is 13.5. The van der Waals surface area contributed by atoms with Gasteiger partial charge >= 0.3 is 12.1 Å². The monoisotopic (exact) mass is 494 g/mol. The van der Waals surface area contributed by atoms with Gasteiger partial charge in [0.25, 0.3) is 0 Å². The van der Waals surface area contributed by atoms with Crippen LogP contribution in [0.2, 0.25) is 10.0 Å². The van der Waals surface area contributed by atoms with Crippen LogP contribution in [0, 0.1) is 0 Å². The van der Waals surface area contributed by atoms with Crippen LogP contribution >= 0.6 is 23.2 Å². The second-order valence-corrected chi connectivity index (χ2v) is 8.23. The fraction of sp³-hybridized carbons (Fsp3) is 0.375. The van der Waals surface area contributed by atoms with Gasteiger partial charge in [0, 0.05) is 29.4 Å². The zero-order valence-electron chi connectivity index (χ0n) is 18.4. The van der Waals surface area contributed by atoms with E-state index in [0.29, 0.717) is 35.0 Å². The number of hydrogen-bond acceptors (Lipinski definition) is 5. The summed E-state index contributed by atoms with van der Waals surface area (Å²) in [5.41, 5.74) is 1.60. The van der Waals surface area contributed by atoms with E-state index in [1.807, 2.05) is 30.3 Å². The molecular weight excluding hydrogens is 467 g/mol. The minimum Gasteiger partial charge on any atom is -0.467 e. The molecule has 0 saturated heterocycles. The molecule has 0 aliphatic heterocycles. The lowest BCUT2D eigenvalue weighted by Crippen LogP contribution is -2.43. The van der Waals surface area contributed by atoms with Crippen molar-refractivity contribution in [3.8, 4) is 0 Å². The third-order valence-electron chi connectivity index (χ3n) is 4.82. The summed E-state index contributed by atoms with van der Waals surface area (Å²) in [4.78, 5) is 36.1. The Labute approximate surface area is 203 Å². The maximum atomic E-state index is 12.3. The van der Waals surface area contributed by atoms with Crippen LogP contribution in [0.5, 0.6) is 0 Å². The van der Waals surface area contributed by atoms with Crippen LogP contribution in [-0.4, -0.2) is 37.7 Å². The minimum absolute atomic E-state index is 0.198. The number of benzene rings is 2. The summed E-state index contributed by atoms with van der Waals surface area (Å²) in [5.74, 6) is -0.807. The van der Waals surface area contributed by atoms with Crippen LogP contribution in [0.4, 0.5) is 4.79 Å². The third-order valence-corrected chi connectivity index (χ3v) is 5.41. The summed E-state index contributed by atoms with van der Waals surface area (Å²) in [6.45, 7) is 0.671. The standard InChI is InChI=1S/C24H28Cl2N2O5/c1-32-23(30)21(14-18-11-12-19(25)15-20(18)26)28-22(29)10-6-3-7-13-27-24(31)33-16-17-8-4-2-5-9-17/h2,4-5,8-9,11-12,15,21H,3,6-7,10,13-14,16H2,1H3,(H,27,31)(H,28,29)/t21-/m1/s1. The average Bonchev–Trinajstić information content (AvgIpc) is 2.81. The Balaban J connectivity index is 1.64. The third kappa shape index (κ3) is 10.1. The lowest BCUT2D eigenvalue weighted by molar-refractivity contribution is -0.145. The first-order chi connectivity index (χ1) is 15.9. The van der Waals surface area contributed by atoms with Crippen molar-refractivity contribution in [3.05, 3.63) is 69.7 Å². The summed E-state index contributed by atoms with van der Waals surface area (Å²) >= 11 is 12.1. The van der Waals surface area contributed by atoms with E-state index in [2.05, 4.69) is 10.6 Å². The zero-order valence-corrected chi connectivity index (χ0v) is 20.0. The predicted molar refractivity (Wildman–Crippen MR) is 127 cm³/mol. The van der Waals surface area contributed by atoms with Crippen LogP contribution in [-0.2, 0) is 32.1 Å². The Kier molecular flexibility index (Phi) is 11.6. The number of amides is 2. The lowest BCUT2D eigenvalue weighted by atomic mass is 10.1. The lowest BCUT2D eigenvalue weighted by Gasteiger charge is -2.17. The molecule has 0 aromatic heterocycles. The van der Waals surface area contributed by atoms with Crippen molar-refractivity contribution >= 4 is 41.2 Å². The van der Waals surface area contributed by atoms with Crippen molar-refractivity contribution in [2.24, 2.45) is 0 Å². The van der Waals surface area contributed by atoms with Crippen molar-refractivity contribution in [1.82, 2.24) is 10.6 Å². The number of methoxy groups -OCH3 is 1. The Hall–Kier alpha value is -2.77. The molecule has 0 bridgehead atoms. The first-order valence-electron chi connectivity index (χ1n) is 10.6. The first kappa shape index (κ1) is 26.5. The highest BCUT2D eigenvalue weighted by Gasteiger charge is 2.22. The van der Waals surface area contributed by atoms with Gasteiger partial charge in [-0.25, -0.2) is 9.59 Å². The van der Waals surface area contributed by atoms with Gasteiger partial charge in [0.1, 0.15) is 12.6 Å². The highest BCUT2D eigenvalue weighted by Crippen LogP contribution is 2.22. The molecular formula is C24H28Cl2N2O5. The summed E-state index contributed by atoms with van der Waals surface area (Å²) in [6.07, 6.45) is 2.02. The van der Waals surface area contributed by atoms with Crippen molar-refractivity contribution < 1.29 is 23.9 Å². The highest BCUT2D eigenvalue weighted by molar-refractivity contribution is 6.35. The molecule has 2 rings (SSSR count). The van der Waals surface area contributed by atoms with E-state index in [1.54, 1.807) is 18.2 Å². The van der Waals surface area contributed by atoms with Crippen molar-refractivity contribution in [2.45, 2.75) is 44.8 Å². The van der Waals surface area contributed by atoms with Crippen LogP contribution < -0.4 is 10.6 Å². The fourth-order valence-corrected chi connectivity index (χ4v) is 3.55. The molecule has 0 radical (unpaired) electrons. The molecule has 0 aliphatic carbocycles.